The Labute approximate surface area is 214 Å². The number of nitrogens with two attached hydrogens (primary N) is 1. The van der Waals surface area contributed by atoms with Gasteiger partial charge in [0, 0.05) is 43.0 Å². The number of aromatic amines is 2. The summed E-state index contributed by atoms with van der Waals surface area (Å²) in [6.45, 7) is 0. The van der Waals surface area contributed by atoms with Crippen LogP contribution in [0.15, 0.2) is 25.0 Å². The number of H-pyrrole nitrogens is 2. The van der Waals surface area contributed by atoms with Crippen LogP contribution in [0.25, 0.3) is 0 Å². The fraction of sp³-hybridized carbons (Fsp3) is 0.429. The van der Waals surface area contributed by atoms with Crippen LogP contribution < -0.4 is 21.7 Å². The number of rotatable bonds is 16. The molecule has 3 amide bonds. The standard InChI is InChI=1S/C21H28N8O9/c22-12(3-10-6-23-8-25-10)18(34)28-15(5-17(32)33)20(36)29-14(4-11-7-24-9-26-11)19(35)27-13(21(37)38)1-2-16(30)31/h6-9,12-15H,1-5,22H2,(H,23,25)(H,24,26)(H,27,35)(H,28,34)(H,29,36)(H,30,31)(H,32,33)(H,37,38). The number of nitrogens with one attached hydrogen (secondary N) is 5. The Balaban J connectivity index is 2.16. The van der Waals surface area contributed by atoms with E-state index < -0.39 is 79.1 Å². The summed E-state index contributed by atoms with van der Waals surface area (Å²) in [6.07, 6.45) is 3.46. The zero-order valence-corrected chi connectivity index (χ0v) is 19.9. The Hall–Kier alpha value is -4.80. The molecule has 0 radical (unpaired) electrons. The van der Waals surface area contributed by atoms with Gasteiger partial charge in [0.25, 0.3) is 0 Å². The van der Waals surface area contributed by atoms with E-state index in [2.05, 4.69) is 35.9 Å². The zero-order chi connectivity index (χ0) is 28.2. The molecule has 0 saturated carbocycles. The third kappa shape index (κ3) is 9.69. The lowest BCUT2D eigenvalue weighted by molar-refractivity contribution is -0.144. The summed E-state index contributed by atoms with van der Waals surface area (Å²) in [5.41, 5.74) is 6.74. The molecule has 0 aromatic carbocycles. The summed E-state index contributed by atoms with van der Waals surface area (Å²) in [5, 5.41) is 34.2. The number of aromatic nitrogens is 4. The van der Waals surface area contributed by atoms with Crippen LogP contribution in [0.1, 0.15) is 30.7 Å². The van der Waals surface area contributed by atoms with Crippen molar-refractivity contribution in [3.05, 3.63) is 36.4 Å². The Morgan fingerprint density at radius 2 is 1.29 bits per heavy atom. The maximum atomic E-state index is 13.0. The summed E-state index contributed by atoms with van der Waals surface area (Å²) < 4.78 is 0. The SMILES string of the molecule is NC(Cc1cnc[nH]1)C(=O)NC(CC(=O)O)C(=O)NC(Cc1cnc[nH]1)C(=O)NC(CCC(=O)O)C(=O)O. The van der Waals surface area contributed by atoms with Crippen LogP contribution in [0, 0.1) is 0 Å². The predicted molar refractivity (Wildman–Crippen MR) is 125 cm³/mol. The molecule has 2 heterocycles. The van der Waals surface area contributed by atoms with Gasteiger partial charge in [0.2, 0.25) is 17.7 Å². The van der Waals surface area contributed by atoms with E-state index >= 15 is 0 Å². The van der Waals surface area contributed by atoms with Crippen molar-refractivity contribution in [2.45, 2.75) is 56.3 Å². The summed E-state index contributed by atoms with van der Waals surface area (Å²) in [5.74, 6) is -7.06. The van der Waals surface area contributed by atoms with E-state index in [0.717, 1.165) is 0 Å². The Kier molecular flexibility index (Phi) is 10.9. The van der Waals surface area contributed by atoms with Gasteiger partial charge in [0.05, 0.1) is 25.1 Å². The van der Waals surface area contributed by atoms with Gasteiger partial charge in [0.1, 0.15) is 18.1 Å². The highest BCUT2D eigenvalue weighted by atomic mass is 16.4. The normalized spacial score (nSPS) is 13.9. The molecule has 17 heteroatoms. The van der Waals surface area contributed by atoms with E-state index in [1.807, 2.05) is 0 Å². The fourth-order valence-electron chi connectivity index (χ4n) is 3.28. The number of carbonyl (C=O) groups excluding carboxylic acids is 3. The first-order chi connectivity index (χ1) is 18.0. The molecule has 10 N–H and O–H groups in total. The van der Waals surface area contributed by atoms with Crippen LogP contribution in [0.3, 0.4) is 0 Å². The average Bonchev–Trinajstić information content (AvgIpc) is 3.54. The first-order valence-electron chi connectivity index (χ1n) is 11.2. The number of hydrogen-bond acceptors (Lipinski definition) is 9. The molecule has 0 aliphatic carbocycles. The van der Waals surface area contributed by atoms with Crippen molar-refractivity contribution in [2.24, 2.45) is 5.73 Å². The maximum Gasteiger partial charge on any atom is 0.326 e. The van der Waals surface area contributed by atoms with Gasteiger partial charge in [-0.3, -0.25) is 24.0 Å². The third-order valence-corrected chi connectivity index (χ3v) is 5.22. The Bertz CT molecular complexity index is 1120. The number of amides is 3. The molecule has 2 rings (SSSR count). The second-order valence-electron chi connectivity index (χ2n) is 8.22. The highest BCUT2D eigenvalue weighted by Gasteiger charge is 2.32. The molecule has 2 aromatic heterocycles. The van der Waals surface area contributed by atoms with E-state index in [0.29, 0.717) is 11.4 Å². The number of aliphatic carboxylic acids is 3. The molecule has 17 nitrogen and oxygen atoms in total. The van der Waals surface area contributed by atoms with Crippen LogP contribution in [0.2, 0.25) is 0 Å². The van der Waals surface area contributed by atoms with Gasteiger partial charge >= 0.3 is 17.9 Å². The predicted octanol–water partition coefficient (Wildman–Crippen LogP) is -2.88. The molecule has 38 heavy (non-hydrogen) atoms. The number of hydrogen-bond donors (Lipinski definition) is 9. The van der Waals surface area contributed by atoms with Crippen molar-refractivity contribution in [1.82, 2.24) is 35.9 Å². The van der Waals surface area contributed by atoms with Gasteiger partial charge in [-0.25, -0.2) is 14.8 Å². The molecule has 4 unspecified atom stereocenters. The first-order valence-corrected chi connectivity index (χ1v) is 11.2. The van der Waals surface area contributed by atoms with Crippen LogP contribution in [0.4, 0.5) is 0 Å². The molecule has 4 atom stereocenters. The number of carbonyl (C=O) groups is 6. The quantitative estimate of drug-likeness (QED) is 0.105. The molecular weight excluding hydrogens is 508 g/mol. The van der Waals surface area contributed by atoms with E-state index in [9.17, 15) is 39.0 Å². The number of nitrogens with zero attached hydrogens (tertiary/aromatic N) is 2. The van der Waals surface area contributed by atoms with E-state index in [1.165, 1.54) is 25.0 Å². The summed E-state index contributed by atoms with van der Waals surface area (Å²) in [4.78, 5) is 85.2. The van der Waals surface area contributed by atoms with Crippen molar-refractivity contribution in [1.29, 1.82) is 0 Å². The first kappa shape index (κ1) is 29.4. The monoisotopic (exact) mass is 536 g/mol. The molecule has 0 saturated heterocycles. The Morgan fingerprint density at radius 3 is 1.79 bits per heavy atom. The van der Waals surface area contributed by atoms with Gasteiger partial charge in [-0.15, -0.1) is 0 Å². The van der Waals surface area contributed by atoms with Crippen LogP contribution in [0.5, 0.6) is 0 Å². The highest BCUT2D eigenvalue weighted by molar-refractivity contribution is 5.95. The summed E-state index contributed by atoms with van der Waals surface area (Å²) >= 11 is 0. The minimum absolute atomic E-state index is 0.0189. The molecule has 0 spiro atoms. The number of carboxylic acid groups (broad SMARTS) is 3. The topological polar surface area (TPSA) is 283 Å². The van der Waals surface area contributed by atoms with Crippen molar-refractivity contribution in [3.8, 4) is 0 Å². The Morgan fingerprint density at radius 1 is 0.763 bits per heavy atom. The van der Waals surface area contributed by atoms with E-state index in [-0.39, 0.29) is 12.8 Å². The maximum absolute atomic E-state index is 13.0. The molecular formula is C21H28N8O9. The van der Waals surface area contributed by atoms with E-state index in [1.54, 1.807) is 0 Å². The fourth-order valence-corrected chi connectivity index (χ4v) is 3.28. The molecule has 0 fully saturated rings. The smallest absolute Gasteiger partial charge is 0.326 e. The van der Waals surface area contributed by atoms with Crippen LogP contribution in [-0.2, 0) is 41.6 Å². The number of carboxylic acids is 3. The zero-order valence-electron chi connectivity index (χ0n) is 19.9. The lowest BCUT2D eigenvalue weighted by atomic mass is 10.1. The van der Waals surface area contributed by atoms with Crippen molar-refractivity contribution in [2.75, 3.05) is 0 Å². The van der Waals surface area contributed by atoms with Gasteiger partial charge < -0.3 is 47.0 Å². The van der Waals surface area contributed by atoms with Crippen molar-refractivity contribution >= 4 is 35.6 Å². The molecule has 0 aliphatic rings. The summed E-state index contributed by atoms with van der Waals surface area (Å²) in [6, 6.07) is -5.81. The number of imidazole rings is 2. The van der Waals surface area contributed by atoms with Crippen LogP contribution in [-0.4, -0.2) is 95.1 Å². The van der Waals surface area contributed by atoms with Gasteiger partial charge in [-0.1, -0.05) is 0 Å². The lowest BCUT2D eigenvalue weighted by Gasteiger charge is -2.24. The van der Waals surface area contributed by atoms with Gasteiger partial charge in [-0.05, 0) is 6.42 Å². The minimum Gasteiger partial charge on any atom is -0.481 e. The molecule has 206 valence electrons. The third-order valence-electron chi connectivity index (χ3n) is 5.22. The molecule has 2 aromatic rings. The van der Waals surface area contributed by atoms with E-state index in [4.69, 9.17) is 10.8 Å². The van der Waals surface area contributed by atoms with Crippen LogP contribution >= 0.6 is 0 Å². The van der Waals surface area contributed by atoms with Crippen molar-refractivity contribution < 1.29 is 44.1 Å². The van der Waals surface area contributed by atoms with Gasteiger partial charge in [0.15, 0.2) is 0 Å². The average molecular weight is 537 g/mol. The lowest BCUT2D eigenvalue weighted by Crippen LogP contribution is -2.58. The summed E-state index contributed by atoms with van der Waals surface area (Å²) in [7, 11) is 0. The van der Waals surface area contributed by atoms with Gasteiger partial charge in [-0.2, -0.15) is 0 Å². The largest absolute Gasteiger partial charge is 0.481 e. The second kappa shape index (κ2) is 14.1. The minimum atomic E-state index is -1.63. The molecule has 0 bridgehead atoms. The highest BCUT2D eigenvalue weighted by Crippen LogP contribution is 2.05. The van der Waals surface area contributed by atoms with Crippen molar-refractivity contribution in [3.63, 3.8) is 0 Å². The second-order valence-corrected chi connectivity index (χ2v) is 8.22. The molecule has 0 aliphatic heterocycles.